The van der Waals surface area contributed by atoms with Gasteiger partial charge in [0.05, 0.1) is 21.6 Å². The van der Waals surface area contributed by atoms with Crippen molar-refractivity contribution in [3.05, 3.63) is 105 Å². The van der Waals surface area contributed by atoms with E-state index < -0.39 is 33.2 Å². The molecule has 14 heteroatoms. The standard InChI is InChI=1S/C25H18ClN3O7S3/c26-18-5-9-20(10-6-18)37-15-16-1-3-17(4-2-16)24(31)36-14-22(30)28-25-27-13-23(38-25)39(34,35)21-11-7-19(8-12-21)29(32)33/h1-13H,14-15H2,(H,27,28,30). The van der Waals surface area contributed by atoms with Crippen LogP contribution in [-0.4, -0.2) is 36.8 Å². The molecule has 0 saturated heterocycles. The summed E-state index contributed by atoms with van der Waals surface area (Å²) in [5.74, 6) is -0.703. The molecular formula is C25H18ClN3O7S3. The minimum absolute atomic E-state index is 0.0147. The van der Waals surface area contributed by atoms with E-state index in [1.54, 1.807) is 36.0 Å². The van der Waals surface area contributed by atoms with Crippen LogP contribution in [0.1, 0.15) is 15.9 Å². The molecule has 0 radical (unpaired) electrons. The van der Waals surface area contributed by atoms with Gasteiger partial charge in [-0.05, 0) is 54.1 Å². The molecular weight excluding hydrogens is 586 g/mol. The monoisotopic (exact) mass is 603 g/mol. The van der Waals surface area contributed by atoms with E-state index in [9.17, 15) is 28.1 Å². The highest BCUT2D eigenvalue weighted by Crippen LogP contribution is 2.29. The number of rotatable bonds is 10. The Labute approximate surface area is 236 Å². The van der Waals surface area contributed by atoms with Crippen molar-refractivity contribution in [2.24, 2.45) is 0 Å². The number of carbonyl (C=O) groups excluding carboxylic acids is 2. The number of sulfone groups is 1. The molecule has 39 heavy (non-hydrogen) atoms. The first-order valence-corrected chi connectivity index (χ1v) is 14.7. The first-order chi connectivity index (χ1) is 18.6. The molecule has 0 atom stereocenters. The van der Waals surface area contributed by atoms with Crippen molar-refractivity contribution in [2.75, 3.05) is 11.9 Å². The van der Waals surface area contributed by atoms with Gasteiger partial charge in [0.25, 0.3) is 11.6 Å². The molecule has 4 aromatic rings. The second-order valence-corrected chi connectivity index (χ2v) is 12.5. The third kappa shape index (κ3) is 7.41. The Morgan fingerprint density at radius 3 is 2.33 bits per heavy atom. The van der Waals surface area contributed by atoms with Gasteiger partial charge in [0.2, 0.25) is 9.84 Å². The SMILES string of the molecule is O=C(COC(=O)c1ccc(CSc2ccc(Cl)cc2)cc1)Nc1ncc(S(=O)(=O)c2ccc([N+](=O)[O-])cc2)s1. The number of esters is 1. The summed E-state index contributed by atoms with van der Waals surface area (Å²) in [7, 11) is -3.99. The number of aromatic nitrogens is 1. The summed E-state index contributed by atoms with van der Waals surface area (Å²) in [6.07, 6.45) is 1.07. The quantitative estimate of drug-likeness (QED) is 0.105. The number of anilines is 1. The third-order valence-corrected chi connectivity index (χ3v) is 9.58. The van der Waals surface area contributed by atoms with E-state index in [2.05, 4.69) is 10.3 Å². The van der Waals surface area contributed by atoms with Crippen LogP contribution in [0.25, 0.3) is 0 Å². The highest BCUT2D eigenvalue weighted by Gasteiger charge is 2.22. The number of nitro benzene ring substituents is 1. The Hall–Kier alpha value is -3.78. The molecule has 0 saturated carbocycles. The normalized spacial score (nSPS) is 11.1. The summed E-state index contributed by atoms with van der Waals surface area (Å²) in [5.41, 5.74) is 1.02. The number of hydrogen-bond acceptors (Lipinski definition) is 10. The molecule has 0 aliphatic heterocycles. The van der Waals surface area contributed by atoms with Gasteiger partial charge in [0.15, 0.2) is 11.7 Å². The smallest absolute Gasteiger partial charge is 0.338 e. The number of thioether (sulfide) groups is 1. The fourth-order valence-corrected chi connectivity index (χ4v) is 6.54. The number of amides is 1. The number of non-ortho nitro benzene ring substituents is 1. The lowest BCUT2D eigenvalue weighted by atomic mass is 10.1. The van der Waals surface area contributed by atoms with Crippen LogP contribution in [0.4, 0.5) is 10.8 Å². The molecule has 0 unspecified atom stereocenters. The number of nitrogens with one attached hydrogen (secondary N) is 1. The average molecular weight is 604 g/mol. The van der Waals surface area contributed by atoms with Crippen molar-refractivity contribution in [1.82, 2.24) is 4.98 Å². The van der Waals surface area contributed by atoms with E-state index in [0.29, 0.717) is 22.1 Å². The molecule has 1 aromatic heterocycles. The summed E-state index contributed by atoms with van der Waals surface area (Å²) in [6, 6.07) is 18.7. The van der Waals surface area contributed by atoms with Gasteiger partial charge in [-0.15, -0.1) is 11.8 Å². The van der Waals surface area contributed by atoms with Gasteiger partial charge in [0, 0.05) is 27.8 Å². The first-order valence-electron chi connectivity index (χ1n) is 11.0. The Morgan fingerprint density at radius 1 is 1.03 bits per heavy atom. The van der Waals surface area contributed by atoms with Crippen molar-refractivity contribution in [2.45, 2.75) is 19.8 Å². The lowest BCUT2D eigenvalue weighted by Gasteiger charge is -2.06. The number of thiazole rings is 1. The summed E-state index contributed by atoms with van der Waals surface area (Å²) in [6.45, 7) is -0.600. The molecule has 0 aliphatic rings. The number of hydrogen-bond donors (Lipinski definition) is 1. The molecule has 0 fully saturated rings. The van der Waals surface area contributed by atoms with Crippen molar-refractivity contribution < 1.29 is 27.7 Å². The van der Waals surface area contributed by atoms with Gasteiger partial charge < -0.3 is 4.74 Å². The van der Waals surface area contributed by atoms with Crippen LogP contribution in [-0.2, 0) is 25.1 Å². The first kappa shape index (κ1) is 28.2. The molecule has 0 bridgehead atoms. The largest absolute Gasteiger partial charge is 0.452 e. The second kappa shape index (κ2) is 12.4. The third-order valence-electron chi connectivity index (χ3n) is 5.10. The van der Waals surface area contributed by atoms with Gasteiger partial charge in [-0.2, -0.15) is 0 Å². The average Bonchev–Trinajstić information content (AvgIpc) is 3.41. The Balaban J connectivity index is 1.27. The van der Waals surface area contributed by atoms with Crippen molar-refractivity contribution in [1.29, 1.82) is 0 Å². The van der Waals surface area contributed by atoms with E-state index in [4.69, 9.17) is 16.3 Å². The second-order valence-electron chi connectivity index (χ2n) is 7.80. The van der Waals surface area contributed by atoms with Crippen molar-refractivity contribution in [3.8, 4) is 0 Å². The fourth-order valence-electron chi connectivity index (χ4n) is 3.11. The zero-order valence-corrected chi connectivity index (χ0v) is 23.0. The van der Waals surface area contributed by atoms with Crippen LogP contribution in [0.3, 0.4) is 0 Å². The molecule has 0 spiro atoms. The predicted molar refractivity (Wildman–Crippen MR) is 147 cm³/mol. The van der Waals surface area contributed by atoms with E-state index in [-0.39, 0.29) is 25.5 Å². The number of nitro groups is 1. The van der Waals surface area contributed by atoms with E-state index >= 15 is 0 Å². The fraction of sp³-hybridized carbons (Fsp3) is 0.0800. The zero-order valence-electron chi connectivity index (χ0n) is 19.8. The van der Waals surface area contributed by atoms with E-state index in [0.717, 1.165) is 40.9 Å². The van der Waals surface area contributed by atoms with Crippen LogP contribution in [0.5, 0.6) is 0 Å². The molecule has 200 valence electrons. The van der Waals surface area contributed by atoms with Crippen LogP contribution < -0.4 is 5.32 Å². The van der Waals surface area contributed by atoms with Gasteiger partial charge in [-0.25, -0.2) is 18.2 Å². The molecule has 10 nitrogen and oxygen atoms in total. The number of nitrogens with zero attached hydrogens (tertiary/aromatic N) is 2. The Kier molecular flexibility index (Phi) is 8.97. The molecule has 1 heterocycles. The number of carbonyl (C=O) groups is 2. The zero-order chi connectivity index (χ0) is 28.0. The number of benzene rings is 3. The van der Waals surface area contributed by atoms with Gasteiger partial charge in [0.1, 0.15) is 4.21 Å². The minimum atomic E-state index is -3.99. The molecule has 1 amide bonds. The minimum Gasteiger partial charge on any atom is -0.452 e. The van der Waals surface area contributed by atoms with Gasteiger partial charge in [-0.3, -0.25) is 20.2 Å². The maximum absolute atomic E-state index is 12.7. The molecule has 0 aliphatic carbocycles. The van der Waals surface area contributed by atoms with Gasteiger partial charge in [-0.1, -0.05) is 35.1 Å². The summed E-state index contributed by atoms with van der Waals surface area (Å²) < 4.78 is 30.4. The molecule has 3 aromatic carbocycles. The maximum Gasteiger partial charge on any atom is 0.338 e. The highest BCUT2D eigenvalue weighted by atomic mass is 35.5. The van der Waals surface area contributed by atoms with Crippen LogP contribution >= 0.6 is 34.7 Å². The predicted octanol–water partition coefficient (Wildman–Crippen LogP) is 5.63. The van der Waals surface area contributed by atoms with E-state index in [1.165, 1.54) is 0 Å². The van der Waals surface area contributed by atoms with Crippen molar-refractivity contribution in [3.63, 3.8) is 0 Å². The Morgan fingerprint density at radius 2 is 1.69 bits per heavy atom. The van der Waals surface area contributed by atoms with Gasteiger partial charge >= 0.3 is 5.97 Å². The summed E-state index contributed by atoms with van der Waals surface area (Å²) in [5, 5.41) is 13.8. The summed E-state index contributed by atoms with van der Waals surface area (Å²) >= 11 is 8.21. The summed E-state index contributed by atoms with van der Waals surface area (Å²) in [4.78, 5) is 39.5. The van der Waals surface area contributed by atoms with E-state index in [1.807, 2.05) is 24.3 Å². The maximum atomic E-state index is 12.7. The number of halogens is 1. The van der Waals surface area contributed by atoms with Crippen LogP contribution in [0.2, 0.25) is 5.02 Å². The number of ether oxygens (including phenoxy) is 1. The Bertz CT molecular complexity index is 1610. The lowest BCUT2D eigenvalue weighted by molar-refractivity contribution is -0.384. The lowest BCUT2D eigenvalue weighted by Crippen LogP contribution is -2.20. The highest BCUT2D eigenvalue weighted by molar-refractivity contribution is 7.98. The van der Waals surface area contributed by atoms with Crippen LogP contribution in [0.15, 0.2) is 93.0 Å². The molecule has 4 rings (SSSR count). The van der Waals surface area contributed by atoms with Crippen molar-refractivity contribution >= 4 is 67.2 Å². The molecule has 1 N–H and O–H groups in total. The topological polar surface area (TPSA) is 146 Å². The van der Waals surface area contributed by atoms with Crippen LogP contribution in [0, 0.1) is 10.1 Å².